The van der Waals surface area contributed by atoms with Crippen molar-refractivity contribution < 1.29 is 80.2 Å². The smallest absolute Gasteiger partial charge is 0.419 e. The maximum atomic E-state index is 15.7. The molecule has 26 nitrogen and oxygen atoms in total. The van der Waals surface area contributed by atoms with E-state index >= 15 is 38.4 Å². The summed E-state index contributed by atoms with van der Waals surface area (Å²) in [5.74, 6) is -9.85. The van der Waals surface area contributed by atoms with Gasteiger partial charge < -0.3 is 69.5 Å². The van der Waals surface area contributed by atoms with E-state index < -0.39 is 180 Å². The number of halogens is 3. The Bertz CT molecular complexity index is 3640. The molecule has 109 heavy (non-hydrogen) atoms. The minimum absolute atomic E-state index is 0.0119. The fourth-order valence-corrected chi connectivity index (χ4v) is 15.4. The average Bonchev–Trinajstić information content (AvgIpc) is 1.03. The van der Waals surface area contributed by atoms with E-state index in [9.17, 15) is 32.3 Å². The second kappa shape index (κ2) is 39.5. The van der Waals surface area contributed by atoms with Crippen molar-refractivity contribution in [3.05, 3.63) is 96.1 Å². The maximum Gasteiger partial charge on any atom is 0.419 e. The Morgan fingerprint density at radius 1 is 0.725 bits per heavy atom. The maximum absolute atomic E-state index is 15.7. The lowest BCUT2D eigenvalue weighted by Crippen LogP contribution is -2.68. The second-order valence-corrected chi connectivity index (χ2v) is 29.9. The number of amides is 12. The number of carbonyl (C=O) groups excluding carboxylic acids is 12. The van der Waals surface area contributed by atoms with Gasteiger partial charge in [0.1, 0.15) is 59.6 Å². The van der Waals surface area contributed by atoms with Gasteiger partial charge in [0.05, 0.1) is 38.3 Å². The third kappa shape index (κ3) is 21.5. The minimum Gasteiger partial charge on any atom is -0.496 e. The molecule has 2 saturated heterocycles. The predicted octanol–water partition coefficient (Wildman–Crippen LogP) is 6.18. The third-order valence-corrected chi connectivity index (χ3v) is 22.7. The van der Waals surface area contributed by atoms with Crippen molar-refractivity contribution in [3.8, 4) is 5.75 Å². The first-order valence-corrected chi connectivity index (χ1v) is 38.4. The largest absolute Gasteiger partial charge is 0.496 e. The van der Waals surface area contributed by atoms with E-state index in [4.69, 9.17) is 9.47 Å². The Hall–Kier alpha value is -9.15. The quantitative estimate of drug-likeness (QED) is 0.105. The molecule has 2 aliphatic carbocycles. The van der Waals surface area contributed by atoms with Crippen LogP contribution in [0.15, 0.2) is 73.9 Å². The van der Waals surface area contributed by atoms with Gasteiger partial charge in [0.2, 0.25) is 70.9 Å². The number of allylic oxidation sites excluding steroid dienone is 1. The summed E-state index contributed by atoms with van der Waals surface area (Å²) in [5, 5.41) is 8.73. The van der Waals surface area contributed by atoms with Crippen molar-refractivity contribution in [3.63, 3.8) is 0 Å². The van der Waals surface area contributed by atoms with Crippen LogP contribution in [-0.4, -0.2) is 271 Å². The zero-order valence-corrected chi connectivity index (χ0v) is 65.7. The highest BCUT2D eigenvalue weighted by Crippen LogP contribution is 2.40. The number of nitrogens with zero attached hydrogens (tertiary/aromatic N) is 9. The number of methoxy groups -OCH3 is 1. The fraction of sp³-hybridized carbons (Fsp3) is 0.625. The highest BCUT2D eigenvalue weighted by Gasteiger charge is 2.54. The van der Waals surface area contributed by atoms with Gasteiger partial charge in [0, 0.05) is 88.4 Å². The Kier molecular flexibility index (Phi) is 31.5. The number of likely N-dealkylation sites (N-methyl/N-ethyl adjacent to an activating group) is 7. The van der Waals surface area contributed by atoms with Gasteiger partial charge in [-0.05, 0) is 132 Å². The van der Waals surface area contributed by atoms with E-state index in [0.717, 1.165) is 28.5 Å². The number of alkyl halides is 3. The number of ether oxygens (including phenoxy) is 2. The number of nitrogens with one attached hydrogen (secondary N) is 3. The molecule has 3 heterocycles. The monoisotopic (exact) mass is 1520 g/mol. The highest BCUT2D eigenvalue weighted by atomic mass is 19.4. The summed E-state index contributed by atoms with van der Waals surface area (Å²) in [4.78, 5) is 194. The molecule has 600 valence electrons. The highest BCUT2D eigenvalue weighted by molar-refractivity contribution is 6.01. The van der Waals surface area contributed by atoms with Crippen LogP contribution < -0.4 is 20.7 Å². The van der Waals surface area contributed by atoms with Crippen LogP contribution in [0.25, 0.3) is 6.08 Å². The van der Waals surface area contributed by atoms with Crippen LogP contribution >= 0.6 is 0 Å². The van der Waals surface area contributed by atoms with E-state index in [2.05, 4.69) is 29.1 Å². The average molecular weight is 1530 g/mol. The number of rotatable bonds is 19. The number of carbonyl (C=O) groups is 12. The summed E-state index contributed by atoms with van der Waals surface area (Å²) >= 11 is 0. The van der Waals surface area contributed by atoms with Gasteiger partial charge >= 0.3 is 6.18 Å². The molecule has 2 aromatic rings. The molecule has 29 heteroatoms. The van der Waals surface area contributed by atoms with Crippen LogP contribution in [0, 0.1) is 11.8 Å². The summed E-state index contributed by atoms with van der Waals surface area (Å²) in [6.45, 7) is 13.5. The van der Waals surface area contributed by atoms with Crippen molar-refractivity contribution in [1.82, 2.24) is 60.0 Å². The van der Waals surface area contributed by atoms with Gasteiger partial charge in [-0.25, -0.2) is 0 Å². The number of aryl methyl sites for hydroxylation is 1. The van der Waals surface area contributed by atoms with Gasteiger partial charge in [0.25, 0.3) is 0 Å². The predicted molar refractivity (Wildman–Crippen MR) is 404 cm³/mol. The molecule has 2 bridgehead atoms. The molecule has 3 aliphatic heterocycles. The summed E-state index contributed by atoms with van der Waals surface area (Å²) in [6.07, 6.45) is 5.72. The Labute approximate surface area is 639 Å². The molecular formula is C80H115F3N12O14. The first-order valence-electron chi connectivity index (χ1n) is 38.4. The summed E-state index contributed by atoms with van der Waals surface area (Å²) < 4.78 is 53.8. The molecule has 0 unspecified atom stereocenters. The van der Waals surface area contributed by atoms with Gasteiger partial charge in [0.15, 0.2) is 0 Å². The van der Waals surface area contributed by atoms with Crippen LogP contribution in [-0.2, 0) is 81.3 Å². The number of hydrogen-bond acceptors (Lipinski definition) is 14. The summed E-state index contributed by atoms with van der Waals surface area (Å²) in [7, 11) is 11.1. The van der Waals surface area contributed by atoms with E-state index in [1.165, 1.54) is 95.8 Å². The van der Waals surface area contributed by atoms with Crippen LogP contribution in [0.1, 0.15) is 159 Å². The van der Waals surface area contributed by atoms with E-state index in [1.807, 2.05) is 13.0 Å². The molecule has 0 radical (unpaired) electrons. The molecule has 12 amide bonds. The lowest BCUT2D eigenvalue weighted by Gasteiger charge is -2.46. The fourth-order valence-electron chi connectivity index (χ4n) is 15.4. The summed E-state index contributed by atoms with van der Waals surface area (Å²) in [6, 6.07) is -0.302. The Morgan fingerprint density at radius 2 is 1.39 bits per heavy atom. The molecule has 2 saturated carbocycles. The first kappa shape index (κ1) is 87.1. The first-order chi connectivity index (χ1) is 51.7. The number of benzene rings is 2. The Balaban J connectivity index is 1.35. The van der Waals surface area contributed by atoms with Gasteiger partial charge in [-0.3, -0.25) is 57.5 Å². The van der Waals surface area contributed by atoms with Gasteiger partial charge in [-0.1, -0.05) is 101 Å². The lowest BCUT2D eigenvalue weighted by atomic mass is 9.74. The second-order valence-electron chi connectivity index (χ2n) is 29.9. The van der Waals surface area contributed by atoms with Gasteiger partial charge in [-0.2, -0.15) is 13.2 Å². The van der Waals surface area contributed by atoms with E-state index in [1.54, 1.807) is 63.3 Å². The molecule has 4 fully saturated rings. The molecule has 2 aromatic carbocycles. The van der Waals surface area contributed by atoms with Gasteiger partial charge in [-0.15, -0.1) is 6.58 Å². The van der Waals surface area contributed by atoms with Crippen molar-refractivity contribution in [2.75, 3.05) is 95.8 Å². The van der Waals surface area contributed by atoms with Crippen LogP contribution in [0.5, 0.6) is 5.75 Å². The SMILES string of the molecule is C=CCCCC[C@H]1C(=O)N[C@@H]([C@@H](C)CC)C(=O)N(C)CC(=O)N(C)[C@H]2C/C=C\CCN(C2=O)[C@@H](Cc2ccc(C=C)cc2)C(=O)N(C)CC(=O)N[C@@H](CCc2ccc(C(F)(F)F)c(OC)c2)C(=O)N2C[C@H](OCC)C[C@H]2C(=O)NC2(CCC2)C(=O)N(C)[C@@H](C2CCCC2)C(=O)N(C)[C@H](C(=O)N(C)CC)CC(=O)N1C. The van der Waals surface area contributed by atoms with Crippen molar-refractivity contribution in [2.24, 2.45) is 11.8 Å². The zero-order chi connectivity index (χ0) is 80.4. The van der Waals surface area contributed by atoms with Crippen molar-refractivity contribution in [2.45, 2.75) is 216 Å². The van der Waals surface area contributed by atoms with E-state index in [-0.39, 0.29) is 89.6 Å². The normalized spacial score (nSPS) is 25.6. The van der Waals surface area contributed by atoms with Crippen molar-refractivity contribution >= 4 is 77.0 Å². The van der Waals surface area contributed by atoms with Crippen molar-refractivity contribution in [1.29, 1.82) is 0 Å². The lowest BCUT2D eigenvalue weighted by molar-refractivity contribution is -0.158. The van der Waals surface area contributed by atoms with E-state index in [0.29, 0.717) is 63.4 Å². The number of unbranched alkanes of at least 4 members (excludes halogenated alkanes) is 2. The Morgan fingerprint density at radius 3 is 2.00 bits per heavy atom. The minimum atomic E-state index is -4.79. The molecule has 0 aromatic heterocycles. The molecule has 1 spiro atoms. The number of fused-ring (bicyclic) bond motifs is 3. The standard InChI is InChI=1S/C80H115F3N12O14/c1-15-20-21-23-31-59-70(99)85-68(51(6)16-2)76(105)89(9)50-67(98)91(11)60-32-24-22-27-43-94(75(60)104)63(44-53-35-33-52(17-3)34-36-53)74(103)88(8)49-65(96)84-58(40-38-54-37-39-57(80(81,82)83)64(45-54)108-14)72(101)95-48-56(109-19-5)46-61(95)71(100)86-79(41-28-42-79)78(107)93(13)69(55-29-25-26-30-55)77(106)92(12)62(47-66(97)90(59)10)73(102)87(7)18-4/h15,17,22,24,33-37,39,45,51,55-56,58-63,68-69H,1,3,16,18-21,23,25-32,38,40-44,46-50H2,2,4-14H3,(H,84,96)(H,85,99)(H,86,100)/b24-22-/t51-,56+,58-,59-,60-,61-,62-,63-,68-,69-/m0/s1. The third-order valence-electron chi connectivity index (χ3n) is 22.7. The molecular weight excluding hydrogens is 1410 g/mol. The van der Waals surface area contributed by atoms with Crippen LogP contribution in [0.3, 0.4) is 0 Å². The molecule has 10 atom stereocenters. The topological polar surface area (TPSA) is 289 Å². The van der Waals surface area contributed by atoms with Crippen LogP contribution in [0.2, 0.25) is 0 Å². The van der Waals surface area contributed by atoms with Crippen LogP contribution in [0.4, 0.5) is 13.2 Å². The molecule has 5 aliphatic rings. The summed E-state index contributed by atoms with van der Waals surface area (Å²) in [5.41, 5.74) is -1.01. The number of hydrogen-bond donors (Lipinski definition) is 3. The molecule has 3 N–H and O–H groups in total. The molecule has 7 rings (SSSR count). The zero-order valence-electron chi connectivity index (χ0n) is 65.7.